The molecule has 0 aliphatic rings. The summed E-state index contributed by atoms with van der Waals surface area (Å²) in [5, 5.41) is 11.7. The number of carboxylic acids is 1. The number of Topliss-reactive ketones (excluding diaryl/α,β-unsaturated/α-hetero) is 1. The second-order valence-corrected chi connectivity index (χ2v) is 7.07. The lowest BCUT2D eigenvalue weighted by Crippen LogP contribution is -2.50. The number of benzene rings is 1. The number of hydrogen-bond acceptors (Lipinski definition) is 5. The van der Waals surface area contributed by atoms with E-state index in [1.54, 1.807) is 23.6 Å². The third kappa shape index (κ3) is 4.21. The summed E-state index contributed by atoms with van der Waals surface area (Å²) in [6.45, 7) is 0. The number of hydrazine groups is 1. The molecule has 0 aliphatic heterocycles. The van der Waals surface area contributed by atoms with Crippen LogP contribution in [0.25, 0.3) is 0 Å². The fourth-order valence-electron chi connectivity index (χ4n) is 1.96. The number of carbonyl (C=O) groups is 3. The van der Waals surface area contributed by atoms with Crippen LogP contribution in [0.2, 0.25) is 5.02 Å². The van der Waals surface area contributed by atoms with Gasteiger partial charge in [0.1, 0.15) is 0 Å². The van der Waals surface area contributed by atoms with Crippen molar-refractivity contribution in [3.8, 4) is 0 Å². The van der Waals surface area contributed by atoms with E-state index >= 15 is 0 Å². The maximum absolute atomic E-state index is 12.4. The van der Waals surface area contributed by atoms with Gasteiger partial charge in [-0.15, -0.1) is 11.3 Å². The Kier molecular flexibility index (Phi) is 6.11. The quantitative estimate of drug-likeness (QED) is 0.316. The summed E-state index contributed by atoms with van der Waals surface area (Å²) in [5.41, 5.74) is 0.0530. The monoisotopic (exact) mass is 430 g/mol. The molecule has 0 spiro atoms. The highest BCUT2D eigenvalue weighted by atomic mass is 79.9. The van der Waals surface area contributed by atoms with Gasteiger partial charge in [0.25, 0.3) is 5.91 Å². The second-order valence-electron chi connectivity index (χ2n) is 4.80. The van der Waals surface area contributed by atoms with Crippen LogP contribution in [-0.2, 0) is 4.79 Å². The van der Waals surface area contributed by atoms with Crippen molar-refractivity contribution in [3.05, 3.63) is 55.6 Å². The molecule has 1 amide bonds. The molecule has 24 heavy (non-hydrogen) atoms. The average Bonchev–Trinajstić information content (AvgIpc) is 3.05. The zero-order valence-electron chi connectivity index (χ0n) is 12.1. The van der Waals surface area contributed by atoms with Crippen LogP contribution < -0.4 is 5.84 Å². The minimum atomic E-state index is -1.49. The topological polar surface area (TPSA) is 101 Å². The van der Waals surface area contributed by atoms with Gasteiger partial charge in [-0.3, -0.25) is 14.6 Å². The fourth-order valence-corrected chi connectivity index (χ4v) is 3.39. The van der Waals surface area contributed by atoms with Gasteiger partial charge >= 0.3 is 5.97 Å². The van der Waals surface area contributed by atoms with E-state index in [4.69, 9.17) is 17.4 Å². The third-order valence-corrected chi connectivity index (χ3v) is 4.91. The van der Waals surface area contributed by atoms with E-state index in [-0.39, 0.29) is 10.6 Å². The first-order valence-electron chi connectivity index (χ1n) is 6.64. The maximum Gasteiger partial charge on any atom is 0.328 e. The predicted molar refractivity (Wildman–Crippen MR) is 94.2 cm³/mol. The SMILES string of the molecule is NN(C(=O)c1ccc(Br)cc1Cl)[C@@H](CC(=O)c1cccs1)C(=O)O. The molecule has 0 unspecified atom stereocenters. The van der Waals surface area contributed by atoms with Crippen LogP contribution in [0.3, 0.4) is 0 Å². The van der Waals surface area contributed by atoms with Gasteiger partial charge in [0.05, 0.1) is 15.5 Å². The van der Waals surface area contributed by atoms with Crippen LogP contribution in [0, 0.1) is 0 Å². The standard InChI is InChI=1S/C15H12BrClN2O4S/c16-8-3-4-9(10(17)6-8)14(21)19(18)11(15(22)23)7-12(20)13-2-1-5-24-13/h1-6,11H,7,18H2,(H,22,23)/t11-/m0/s1. The van der Waals surface area contributed by atoms with Crippen molar-refractivity contribution < 1.29 is 19.5 Å². The smallest absolute Gasteiger partial charge is 0.328 e. The van der Waals surface area contributed by atoms with Gasteiger partial charge in [0.15, 0.2) is 11.8 Å². The van der Waals surface area contributed by atoms with Crippen molar-refractivity contribution in [2.75, 3.05) is 0 Å². The molecule has 3 N–H and O–H groups in total. The van der Waals surface area contributed by atoms with E-state index < -0.39 is 30.1 Å². The molecule has 0 radical (unpaired) electrons. The molecule has 1 heterocycles. The van der Waals surface area contributed by atoms with E-state index in [2.05, 4.69) is 15.9 Å². The summed E-state index contributed by atoms with van der Waals surface area (Å²) in [6.07, 6.45) is -0.424. The average molecular weight is 432 g/mol. The van der Waals surface area contributed by atoms with Crippen molar-refractivity contribution in [2.45, 2.75) is 12.5 Å². The molecular weight excluding hydrogens is 420 g/mol. The van der Waals surface area contributed by atoms with E-state index in [1.165, 1.54) is 23.5 Å². The first kappa shape index (κ1) is 18.6. The predicted octanol–water partition coefficient (Wildman–Crippen LogP) is 3.21. The number of thiophene rings is 1. The number of nitrogens with zero attached hydrogens (tertiary/aromatic N) is 1. The van der Waals surface area contributed by atoms with Gasteiger partial charge in [-0.1, -0.05) is 33.6 Å². The number of rotatable bonds is 6. The van der Waals surface area contributed by atoms with Gasteiger partial charge in [0.2, 0.25) is 0 Å². The molecule has 1 aromatic heterocycles. The molecule has 1 aromatic carbocycles. The Bertz CT molecular complexity index is 782. The van der Waals surface area contributed by atoms with Crippen molar-refractivity contribution >= 4 is 56.5 Å². The van der Waals surface area contributed by atoms with Crippen LogP contribution in [0.15, 0.2) is 40.2 Å². The first-order valence-corrected chi connectivity index (χ1v) is 8.69. The molecule has 0 fully saturated rings. The van der Waals surface area contributed by atoms with Crippen molar-refractivity contribution in [1.82, 2.24) is 5.01 Å². The second kappa shape index (κ2) is 7.89. The number of hydrogen-bond donors (Lipinski definition) is 2. The van der Waals surface area contributed by atoms with Crippen LogP contribution in [0.5, 0.6) is 0 Å². The fraction of sp³-hybridized carbons (Fsp3) is 0.133. The molecule has 0 aliphatic carbocycles. The lowest BCUT2D eigenvalue weighted by Gasteiger charge is -2.24. The molecule has 6 nitrogen and oxygen atoms in total. The highest BCUT2D eigenvalue weighted by Crippen LogP contribution is 2.23. The number of halogens is 2. The van der Waals surface area contributed by atoms with Crippen LogP contribution in [0.4, 0.5) is 0 Å². The van der Waals surface area contributed by atoms with Crippen molar-refractivity contribution in [3.63, 3.8) is 0 Å². The number of ketones is 1. The Morgan fingerprint density at radius 1 is 1.33 bits per heavy atom. The highest BCUT2D eigenvalue weighted by molar-refractivity contribution is 9.10. The summed E-state index contributed by atoms with van der Waals surface area (Å²) >= 11 is 10.4. The summed E-state index contributed by atoms with van der Waals surface area (Å²) in [4.78, 5) is 36.4. The van der Waals surface area contributed by atoms with E-state index in [0.29, 0.717) is 14.4 Å². The largest absolute Gasteiger partial charge is 0.480 e. The highest BCUT2D eigenvalue weighted by Gasteiger charge is 2.31. The van der Waals surface area contributed by atoms with E-state index in [1.807, 2.05) is 0 Å². The van der Waals surface area contributed by atoms with Gasteiger partial charge in [-0.2, -0.15) is 0 Å². The van der Waals surface area contributed by atoms with E-state index in [0.717, 1.165) is 0 Å². The normalized spacial score (nSPS) is 11.8. The summed E-state index contributed by atoms with van der Waals surface area (Å²) in [5.74, 6) is 3.14. The van der Waals surface area contributed by atoms with Gasteiger partial charge in [0, 0.05) is 10.9 Å². The van der Waals surface area contributed by atoms with Crippen LogP contribution in [-0.4, -0.2) is 33.8 Å². The molecule has 9 heteroatoms. The minimum Gasteiger partial charge on any atom is -0.480 e. The molecule has 0 saturated heterocycles. The molecule has 2 rings (SSSR count). The molecule has 0 bridgehead atoms. The van der Waals surface area contributed by atoms with Crippen molar-refractivity contribution in [2.24, 2.45) is 5.84 Å². The zero-order valence-corrected chi connectivity index (χ0v) is 15.3. The van der Waals surface area contributed by atoms with Gasteiger partial charge < -0.3 is 5.11 Å². The number of carboxylic acid groups (broad SMARTS) is 1. The minimum absolute atomic E-state index is 0.0530. The summed E-state index contributed by atoms with van der Waals surface area (Å²) in [6, 6.07) is 6.27. The Labute approximate surface area is 154 Å². The Hall–Kier alpha value is -1.74. The van der Waals surface area contributed by atoms with Crippen molar-refractivity contribution in [1.29, 1.82) is 0 Å². The van der Waals surface area contributed by atoms with Crippen LogP contribution in [0.1, 0.15) is 26.5 Å². The number of amides is 1. The number of carbonyl (C=O) groups excluding carboxylic acids is 2. The Morgan fingerprint density at radius 2 is 2.04 bits per heavy atom. The number of nitrogens with two attached hydrogens (primary N) is 1. The number of aliphatic carboxylic acids is 1. The van der Waals surface area contributed by atoms with Gasteiger partial charge in [-0.25, -0.2) is 10.6 Å². The van der Waals surface area contributed by atoms with Gasteiger partial charge in [-0.05, 0) is 29.6 Å². The Morgan fingerprint density at radius 3 is 2.58 bits per heavy atom. The summed E-state index contributed by atoms with van der Waals surface area (Å²) in [7, 11) is 0. The molecule has 2 aromatic rings. The molecular formula is C15H12BrClN2O4S. The molecule has 0 saturated carbocycles. The maximum atomic E-state index is 12.4. The Balaban J connectivity index is 2.22. The molecule has 1 atom stereocenters. The zero-order chi connectivity index (χ0) is 17.9. The van der Waals surface area contributed by atoms with Crippen LogP contribution >= 0.6 is 38.9 Å². The third-order valence-electron chi connectivity index (χ3n) is 3.19. The lowest BCUT2D eigenvalue weighted by atomic mass is 10.1. The first-order chi connectivity index (χ1) is 11.3. The lowest BCUT2D eigenvalue weighted by molar-refractivity contribution is -0.142. The van der Waals surface area contributed by atoms with E-state index in [9.17, 15) is 19.5 Å². The molecule has 126 valence electrons. The summed E-state index contributed by atoms with van der Waals surface area (Å²) < 4.78 is 0.662.